The Balaban J connectivity index is 2.76. The van der Waals surface area contributed by atoms with Crippen molar-refractivity contribution in [3.8, 4) is 0 Å². The highest BCUT2D eigenvalue weighted by atomic mass is 19.4. The highest BCUT2D eigenvalue weighted by Crippen LogP contribution is 2.28. The molecule has 1 aromatic rings. The highest BCUT2D eigenvalue weighted by Gasteiger charge is 2.30. The molecule has 0 radical (unpaired) electrons. The molecule has 0 aromatic carbocycles. The lowest BCUT2D eigenvalue weighted by Crippen LogP contribution is -2.33. The smallest absolute Gasteiger partial charge is 0.417 e. The summed E-state index contributed by atoms with van der Waals surface area (Å²) in [6, 6.07) is 0.814. The van der Waals surface area contributed by atoms with Gasteiger partial charge in [0.15, 0.2) is 0 Å². The van der Waals surface area contributed by atoms with Crippen molar-refractivity contribution < 1.29 is 27.8 Å². The molecule has 0 bridgehead atoms. The molecule has 8 heteroatoms. The first-order chi connectivity index (χ1) is 8.34. The van der Waals surface area contributed by atoms with Crippen LogP contribution < -0.4 is 5.32 Å². The number of halogens is 3. The molecule has 0 saturated carbocycles. The van der Waals surface area contributed by atoms with Gasteiger partial charge in [-0.05, 0) is 12.1 Å². The Morgan fingerprint density at radius 3 is 2.61 bits per heavy atom. The van der Waals surface area contributed by atoms with Crippen LogP contribution in [0, 0.1) is 0 Å². The summed E-state index contributed by atoms with van der Waals surface area (Å²) in [5.74, 6) is -1.15. The Hall–Kier alpha value is -1.83. The fraction of sp³-hybridized carbons (Fsp3) is 0.400. The molecular weight excluding hydrogens is 253 g/mol. The fourth-order valence-corrected chi connectivity index (χ4v) is 1.17. The number of aromatic nitrogens is 1. The average Bonchev–Trinajstić information content (AvgIpc) is 2.28. The first-order valence-electron chi connectivity index (χ1n) is 4.86. The van der Waals surface area contributed by atoms with Gasteiger partial charge in [0.25, 0.3) is 0 Å². The van der Waals surface area contributed by atoms with Crippen LogP contribution >= 0.6 is 0 Å². The van der Waals surface area contributed by atoms with E-state index in [2.05, 4.69) is 15.0 Å². The van der Waals surface area contributed by atoms with Crippen LogP contribution in [0.1, 0.15) is 5.56 Å². The van der Waals surface area contributed by atoms with Gasteiger partial charge in [-0.1, -0.05) is 0 Å². The van der Waals surface area contributed by atoms with Gasteiger partial charge in [-0.25, -0.2) is 9.78 Å². The van der Waals surface area contributed by atoms with Crippen LogP contribution in [0.4, 0.5) is 19.0 Å². The topological polar surface area (TPSA) is 71.5 Å². The molecule has 2 N–H and O–H groups in total. The number of anilines is 1. The van der Waals surface area contributed by atoms with Crippen LogP contribution in [0.2, 0.25) is 0 Å². The molecule has 0 aliphatic carbocycles. The summed E-state index contributed by atoms with van der Waals surface area (Å²) < 4.78 is 41.4. The Labute approximate surface area is 101 Å². The second-order valence-electron chi connectivity index (χ2n) is 3.42. The molecule has 18 heavy (non-hydrogen) atoms. The van der Waals surface area contributed by atoms with E-state index < -0.39 is 23.8 Å². The summed E-state index contributed by atoms with van der Waals surface area (Å²) >= 11 is 0. The normalized spacial score (nSPS) is 13.1. The number of carboxylic acids is 1. The van der Waals surface area contributed by atoms with Gasteiger partial charge in [0.2, 0.25) is 0 Å². The molecular formula is C10H11F3N2O3. The van der Waals surface area contributed by atoms with E-state index in [0.29, 0.717) is 6.20 Å². The highest BCUT2D eigenvalue weighted by molar-refractivity contribution is 5.77. The van der Waals surface area contributed by atoms with Crippen molar-refractivity contribution in [2.45, 2.75) is 12.2 Å². The number of rotatable bonds is 5. The standard InChI is InChI=1S/C10H11F3N2O3/c1-18-5-7(9(16)17)15-8-3-2-6(4-14-8)10(11,12)13/h2-4,7H,5H2,1H3,(H,14,15)(H,16,17). The predicted octanol–water partition coefficient (Wildman–Crippen LogP) is 1.61. The number of ether oxygens (including phenoxy) is 1. The number of carbonyl (C=O) groups is 1. The minimum absolute atomic E-state index is 0.0347. The summed E-state index contributed by atoms with van der Waals surface area (Å²) in [4.78, 5) is 14.3. The average molecular weight is 264 g/mol. The first-order valence-corrected chi connectivity index (χ1v) is 4.86. The Morgan fingerprint density at radius 2 is 2.22 bits per heavy atom. The van der Waals surface area contributed by atoms with Crippen molar-refractivity contribution in [2.24, 2.45) is 0 Å². The number of nitrogens with zero attached hydrogens (tertiary/aromatic N) is 1. The molecule has 0 amide bonds. The summed E-state index contributed by atoms with van der Waals surface area (Å²) in [6.45, 7) is -0.127. The molecule has 1 aromatic heterocycles. The zero-order chi connectivity index (χ0) is 13.8. The number of methoxy groups -OCH3 is 1. The third-order valence-corrected chi connectivity index (χ3v) is 2.04. The number of alkyl halides is 3. The fourth-order valence-electron chi connectivity index (χ4n) is 1.17. The van der Waals surface area contributed by atoms with E-state index in [1.165, 1.54) is 7.11 Å². The quantitative estimate of drug-likeness (QED) is 0.845. The van der Waals surface area contributed by atoms with Crippen LogP contribution in [-0.4, -0.2) is 35.8 Å². The van der Waals surface area contributed by atoms with Crippen molar-refractivity contribution in [2.75, 3.05) is 19.0 Å². The van der Waals surface area contributed by atoms with E-state index in [1.807, 2.05) is 0 Å². The molecule has 1 atom stereocenters. The summed E-state index contributed by atoms with van der Waals surface area (Å²) in [7, 11) is 1.32. The van der Waals surface area contributed by atoms with Gasteiger partial charge in [-0.15, -0.1) is 0 Å². The van der Waals surface area contributed by atoms with E-state index >= 15 is 0 Å². The maximum atomic E-state index is 12.3. The van der Waals surface area contributed by atoms with E-state index in [1.54, 1.807) is 0 Å². The van der Waals surface area contributed by atoms with E-state index in [4.69, 9.17) is 5.11 Å². The lowest BCUT2D eigenvalue weighted by molar-refractivity contribution is -0.139. The van der Waals surface area contributed by atoms with E-state index in [9.17, 15) is 18.0 Å². The van der Waals surface area contributed by atoms with Crippen LogP contribution in [0.3, 0.4) is 0 Å². The lowest BCUT2D eigenvalue weighted by Gasteiger charge is -2.14. The number of aliphatic carboxylic acids is 1. The molecule has 0 fully saturated rings. The minimum Gasteiger partial charge on any atom is -0.480 e. The SMILES string of the molecule is COCC(Nc1ccc(C(F)(F)F)cn1)C(=O)O. The number of pyridine rings is 1. The molecule has 0 saturated heterocycles. The monoisotopic (exact) mass is 264 g/mol. The molecule has 100 valence electrons. The van der Waals surface area contributed by atoms with Crippen molar-refractivity contribution in [1.82, 2.24) is 4.98 Å². The summed E-state index contributed by atoms with van der Waals surface area (Å²) in [6.07, 6.45) is -3.84. The lowest BCUT2D eigenvalue weighted by atomic mass is 10.2. The molecule has 1 rings (SSSR count). The van der Waals surface area contributed by atoms with Gasteiger partial charge < -0.3 is 15.2 Å². The van der Waals surface area contributed by atoms with Gasteiger partial charge in [0.05, 0.1) is 12.2 Å². The largest absolute Gasteiger partial charge is 0.480 e. The van der Waals surface area contributed by atoms with Crippen molar-refractivity contribution in [3.05, 3.63) is 23.9 Å². The summed E-state index contributed by atoms with van der Waals surface area (Å²) in [5.41, 5.74) is -0.897. The van der Waals surface area contributed by atoms with Gasteiger partial charge in [-0.2, -0.15) is 13.2 Å². The third kappa shape index (κ3) is 3.88. The molecule has 0 aliphatic rings. The number of carboxylic acid groups (broad SMARTS) is 1. The zero-order valence-electron chi connectivity index (χ0n) is 9.36. The second kappa shape index (κ2) is 5.67. The van der Waals surface area contributed by atoms with Crippen LogP contribution in [0.5, 0.6) is 0 Å². The number of hydrogen-bond donors (Lipinski definition) is 2. The first kappa shape index (κ1) is 14.2. The third-order valence-electron chi connectivity index (χ3n) is 2.04. The van der Waals surface area contributed by atoms with Gasteiger partial charge in [-0.3, -0.25) is 0 Å². The van der Waals surface area contributed by atoms with Crippen LogP contribution in [-0.2, 0) is 15.7 Å². The second-order valence-corrected chi connectivity index (χ2v) is 3.42. The molecule has 0 spiro atoms. The minimum atomic E-state index is -4.47. The maximum absolute atomic E-state index is 12.3. The Morgan fingerprint density at radius 1 is 1.56 bits per heavy atom. The molecule has 1 heterocycles. The van der Waals surface area contributed by atoms with Crippen molar-refractivity contribution in [3.63, 3.8) is 0 Å². The zero-order valence-corrected chi connectivity index (χ0v) is 9.36. The Kier molecular flexibility index (Phi) is 4.49. The van der Waals surface area contributed by atoms with Gasteiger partial charge in [0.1, 0.15) is 11.9 Å². The van der Waals surface area contributed by atoms with E-state index in [0.717, 1.165) is 12.1 Å². The van der Waals surface area contributed by atoms with Crippen molar-refractivity contribution in [1.29, 1.82) is 0 Å². The number of hydrogen-bond acceptors (Lipinski definition) is 4. The van der Waals surface area contributed by atoms with Crippen molar-refractivity contribution >= 4 is 11.8 Å². The van der Waals surface area contributed by atoms with Gasteiger partial charge in [0, 0.05) is 13.3 Å². The van der Waals surface area contributed by atoms with Crippen LogP contribution in [0.25, 0.3) is 0 Å². The van der Waals surface area contributed by atoms with E-state index in [-0.39, 0.29) is 12.4 Å². The molecule has 1 unspecified atom stereocenters. The number of nitrogens with one attached hydrogen (secondary N) is 1. The van der Waals surface area contributed by atoms with Crippen LogP contribution in [0.15, 0.2) is 18.3 Å². The summed E-state index contributed by atoms with van der Waals surface area (Å²) in [5, 5.41) is 11.3. The predicted molar refractivity (Wildman–Crippen MR) is 56.2 cm³/mol. The van der Waals surface area contributed by atoms with Gasteiger partial charge >= 0.3 is 12.1 Å². The molecule has 5 nitrogen and oxygen atoms in total. The molecule has 0 aliphatic heterocycles. The Bertz CT molecular complexity index is 406. The maximum Gasteiger partial charge on any atom is 0.417 e.